The van der Waals surface area contributed by atoms with Crippen LogP contribution in [-0.4, -0.2) is 44.0 Å². The monoisotopic (exact) mass is 480 g/mol. The summed E-state index contributed by atoms with van der Waals surface area (Å²) in [7, 11) is 5.12. The maximum absolute atomic E-state index is 9.34. The molecule has 0 amide bonds. The maximum Gasteiger partial charge on any atom is 0.157 e. The molecule has 36 heavy (non-hydrogen) atoms. The Kier molecular flexibility index (Phi) is 6.19. The summed E-state index contributed by atoms with van der Waals surface area (Å²) in [6.07, 6.45) is 1.88. The lowest BCUT2D eigenvalue weighted by Crippen LogP contribution is -2.06. The maximum atomic E-state index is 9.34. The fourth-order valence-electron chi connectivity index (χ4n) is 3.92. The molecule has 1 N–H and O–H groups in total. The van der Waals surface area contributed by atoms with Crippen LogP contribution in [0.5, 0.6) is 11.5 Å². The third kappa shape index (κ3) is 4.67. The number of rotatable bonds is 8. The van der Waals surface area contributed by atoms with E-state index in [2.05, 4.69) is 21.6 Å². The molecular formula is C26H24N8O2. The molecular weight excluding hydrogens is 456 g/mol. The summed E-state index contributed by atoms with van der Waals surface area (Å²) >= 11 is 0. The SMILES string of the molecule is COc1ccc(CNc2nc(-c3cccc(C#N)c3)cc3nn(Cc4ccn(C)n4)nc23)c(OC)c1. The van der Waals surface area contributed by atoms with E-state index < -0.39 is 0 Å². The van der Waals surface area contributed by atoms with Gasteiger partial charge in [0.05, 0.1) is 37.2 Å². The van der Waals surface area contributed by atoms with Crippen molar-refractivity contribution in [3.63, 3.8) is 0 Å². The van der Waals surface area contributed by atoms with Gasteiger partial charge in [0.15, 0.2) is 11.3 Å². The van der Waals surface area contributed by atoms with E-state index in [1.54, 1.807) is 29.8 Å². The van der Waals surface area contributed by atoms with E-state index in [9.17, 15) is 5.26 Å². The second-order valence-corrected chi connectivity index (χ2v) is 8.16. The first kappa shape index (κ1) is 22.9. The number of nitriles is 1. The molecule has 3 aromatic heterocycles. The zero-order valence-corrected chi connectivity index (χ0v) is 20.1. The Labute approximate surface area is 207 Å². The number of anilines is 1. The van der Waals surface area contributed by atoms with Crippen molar-refractivity contribution >= 4 is 16.9 Å². The minimum absolute atomic E-state index is 0.431. The third-order valence-electron chi connectivity index (χ3n) is 5.71. The minimum atomic E-state index is 0.431. The summed E-state index contributed by atoms with van der Waals surface area (Å²) < 4.78 is 12.6. The van der Waals surface area contributed by atoms with E-state index in [0.717, 1.165) is 16.8 Å². The molecule has 2 aromatic carbocycles. The Morgan fingerprint density at radius 3 is 2.64 bits per heavy atom. The van der Waals surface area contributed by atoms with Crippen molar-refractivity contribution in [2.24, 2.45) is 7.05 Å². The number of aromatic nitrogens is 6. The van der Waals surface area contributed by atoms with Crippen molar-refractivity contribution in [1.82, 2.24) is 29.8 Å². The molecule has 3 heterocycles. The number of nitrogens with one attached hydrogen (secondary N) is 1. The number of hydrogen-bond acceptors (Lipinski definition) is 8. The average molecular weight is 481 g/mol. The lowest BCUT2D eigenvalue weighted by atomic mass is 10.1. The number of nitrogens with zero attached hydrogens (tertiary/aromatic N) is 7. The number of pyridine rings is 1. The zero-order chi connectivity index (χ0) is 25.1. The van der Waals surface area contributed by atoms with Gasteiger partial charge in [-0.3, -0.25) is 4.68 Å². The summed E-state index contributed by atoms with van der Waals surface area (Å²) in [5.74, 6) is 2.00. The smallest absolute Gasteiger partial charge is 0.157 e. The quantitative estimate of drug-likeness (QED) is 0.357. The molecule has 0 fully saturated rings. The van der Waals surface area contributed by atoms with Gasteiger partial charge >= 0.3 is 0 Å². The molecule has 10 heteroatoms. The number of aryl methyl sites for hydroxylation is 1. The molecule has 10 nitrogen and oxygen atoms in total. The first-order valence-corrected chi connectivity index (χ1v) is 11.3. The van der Waals surface area contributed by atoms with Crippen LogP contribution in [0.15, 0.2) is 60.8 Å². The van der Waals surface area contributed by atoms with E-state index in [1.165, 1.54) is 0 Å². The first-order chi connectivity index (χ1) is 17.6. The van der Waals surface area contributed by atoms with Crippen molar-refractivity contribution in [2.45, 2.75) is 13.1 Å². The summed E-state index contributed by atoms with van der Waals surface area (Å²) in [5, 5.41) is 26.6. The second kappa shape index (κ2) is 9.76. The van der Waals surface area contributed by atoms with Gasteiger partial charge in [0.25, 0.3) is 0 Å². The fraction of sp³-hybridized carbons (Fsp3) is 0.192. The van der Waals surface area contributed by atoms with Crippen LogP contribution in [0, 0.1) is 11.3 Å². The predicted molar refractivity (Wildman–Crippen MR) is 135 cm³/mol. The Morgan fingerprint density at radius 1 is 1.00 bits per heavy atom. The molecule has 5 rings (SSSR count). The highest BCUT2D eigenvalue weighted by molar-refractivity contribution is 5.88. The number of ether oxygens (including phenoxy) is 2. The van der Waals surface area contributed by atoms with Gasteiger partial charge in [0.2, 0.25) is 0 Å². The van der Waals surface area contributed by atoms with Crippen molar-refractivity contribution in [2.75, 3.05) is 19.5 Å². The molecule has 0 bridgehead atoms. The van der Waals surface area contributed by atoms with Gasteiger partial charge in [-0.25, -0.2) is 4.98 Å². The van der Waals surface area contributed by atoms with Crippen molar-refractivity contribution in [1.29, 1.82) is 5.26 Å². The second-order valence-electron chi connectivity index (χ2n) is 8.16. The largest absolute Gasteiger partial charge is 0.497 e. The van der Waals surface area contributed by atoms with Crippen LogP contribution in [0.1, 0.15) is 16.8 Å². The van der Waals surface area contributed by atoms with Gasteiger partial charge < -0.3 is 14.8 Å². The molecule has 180 valence electrons. The van der Waals surface area contributed by atoms with Crippen LogP contribution in [0.4, 0.5) is 5.82 Å². The van der Waals surface area contributed by atoms with Crippen molar-refractivity contribution in [3.8, 4) is 28.8 Å². The predicted octanol–water partition coefficient (Wildman–Crippen LogP) is 3.78. The van der Waals surface area contributed by atoms with Gasteiger partial charge in [-0.2, -0.15) is 20.3 Å². The molecule has 0 spiro atoms. The van der Waals surface area contributed by atoms with Gasteiger partial charge in [-0.05, 0) is 36.4 Å². The normalized spacial score (nSPS) is 10.8. The number of benzene rings is 2. The Bertz CT molecular complexity index is 1580. The standard InChI is InChI=1S/C26H24N8O2/c1-33-10-9-20(30-33)16-34-31-23-13-22(18-6-4-5-17(11-18)14-27)29-26(25(23)32-34)28-15-19-7-8-21(35-2)12-24(19)36-3/h4-13H,15-16H2,1-3H3,(H,28,29). The summed E-state index contributed by atoms with van der Waals surface area (Å²) in [4.78, 5) is 6.47. The highest BCUT2D eigenvalue weighted by atomic mass is 16.5. The minimum Gasteiger partial charge on any atom is -0.497 e. The van der Waals surface area contributed by atoms with Crippen molar-refractivity contribution < 1.29 is 9.47 Å². The summed E-state index contributed by atoms with van der Waals surface area (Å²) in [6, 6.07) is 19.0. The van der Waals surface area contributed by atoms with E-state index in [-0.39, 0.29) is 0 Å². The van der Waals surface area contributed by atoms with Crippen LogP contribution < -0.4 is 14.8 Å². The lowest BCUT2D eigenvalue weighted by molar-refractivity contribution is 0.391. The number of methoxy groups -OCH3 is 2. The van der Waals surface area contributed by atoms with E-state index in [1.807, 2.05) is 61.8 Å². The highest BCUT2D eigenvalue weighted by Crippen LogP contribution is 2.29. The van der Waals surface area contributed by atoms with Crippen molar-refractivity contribution in [3.05, 3.63) is 77.6 Å². The highest BCUT2D eigenvalue weighted by Gasteiger charge is 2.15. The lowest BCUT2D eigenvalue weighted by Gasteiger charge is -2.12. The molecule has 0 saturated heterocycles. The topological polar surface area (TPSA) is 116 Å². The number of fused-ring (bicyclic) bond motifs is 1. The molecule has 5 aromatic rings. The fourth-order valence-corrected chi connectivity index (χ4v) is 3.92. The van der Waals surface area contributed by atoms with Crippen LogP contribution in [0.3, 0.4) is 0 Å². The number of hydrogen-bond donors (Lipinski definition) is 1. The van der Waals surface area contributed by atoms with E-state index in [0.29, 0.717) is 52.7 Å². The molecule has 0 aliphatic carbocycles. The van der Waals surface area contributed by atoms with Crippen LogP contribution in [0.2, 0.25) is 0 Å². The van der Waals surface area contributed by atoms with Crippen LogP contribution >= 0.6 is 0 Å². The molecule has 0 aliphatic rings. The van der Waals surface area contributed by atoms with Gasteiger partial charge in [-0.1, -0.05) is 12.1 Å². The summed E-state index contributed by atoms with van der Waals surface area (Å²) in [6.45, 7) is 0.880. The zero-order valence-electron chi connectivity index (χ0n) is 20.1. The molecule has 0 unspecified atom stereocenters. The van der Waals surface area contributed by atoms with Crippen LogP contribution in [0.25, 0.3) is 22.3 Å². The molecule has 0 radical (unpaired) electrons. The van der Waals surface area contributed by atoms with E-state index in [4.69, 9.17) is 19.6 Å². The molecule has 0 saturated carbocycles. The van der Waals surface area contributed by atoms with Gasteiger partial charge in [0, 0.05) is 37.0 Å². The Hall–Kier alpha value is -4.91. The molecule has 0 aliphatic heterocycles. The van der Waals surface area contributed by atoms with Crippen LogP contribution in [-0.2, 0) is 20.1 Å². The average Bonchev–Trinajstić information content (AvgIpc) is 3.52. The Balaban J connectivity index is 1.54. The van der Waals surface area contributed by atoms with Gasteiger partial charge in [-0.15, -0.1) is 5.10 Å². The van der Waals surface area contributed by atoms with Gasteiger partial charge in [0.1, 0.15) is 23.6 Å². The third-order valence-corrected chi connectivity index (χ3v) is 5.71. The first-order valence-electron chi connectivity index (χ1n) is 11.3. The molecule has 0 atom stereocenters. The Morgan fingerprint density at radius 2 is 1.89 bits per heavy atom. The van der Waals surface area contributed by atoms with E-state index >= 15 is 0 Å². The summed E-state index contributed by atoms with van der Waals surface area (Å²) in [5.41, 5.74) is 5.18.